The van der Waals surface area contributed by atoms with Crippen molar-refractivity contribution in [3.63, 3.8) is 0 Å². The molecule has 0 bridgehead atoms. The second kappa shape index (κ2) is 9.19. The number of carbonyl (C=O) groups is 1. The summed E-state index contributed by atoms with van der Waals surface area (Å²) in [6, 6.07) is 8.48. The van der Waals surface area contributed by atoms with E-state index in [0.29, 0.717) is 36.8 Å². The van der Waals surface area contributed by atoms with Crippen molar-refractivity contribution in [3.05, 3.63) is 59.8 Å². The molecule has 0 aliphatic carbocycles. The molecule has 3 aromatic heterocycles. The first-order chi connectivity index (χ1) is 15.9. The summed E-state index contributed by atoms with van der Waals surface area (Å²) in [7, 11) is 1.57. The van der Waals surface area contributed by atoms with E-state index in [4.69, 9.17) is 9.47 Å². The summed E-state index contributed by atoms with van der Waals surface area (Å²) in [6.07, 6.45) is 2.96. The Kier molecular flexibility index (Phi) is 6.16. The lowest BCUT2D eigenvalue weighted by atomic mass is 10.2. The van der Waals surface area contributed by atoms with Gasteiger partial charge in [0.15, 0.2) is 5.82 Å². The first-order valence-electron chi connectivity index (χ1n) is 10.4. The van der Waals surface area contributed by atoms with E-state index in [1.807, 2.05) is 17.6 Å². The van der Waals surface area contributed by atoms with Crippen LogP contribution in [0.5, 0.6) is 11.6 Å². The summed E-state index contributed by atoms with van der Waals surface area (Å²) in [4.78, 5) is 15.7. The molecule has 0 aliphatic rings. The summed E-state index contributed by atoms with van der Waals surface area (Å²) < 4.78 is 28.5. The number of nitrogens with one attached hydrogen (secondary N) is 1. The number of nitrogens with zero attached hydrogens (tertiary/aromatic N) is 4. The Morgan fingerprint density at radius 1 is 1.27 bits per heavy atom. The first-order valence-corrected chi connectivity index (χ1v) is 10.4. The Morgan fingerprint density at radius 3 is 2.82 bits per heavy atom. The minimum Gasteiger partial charge on any atom is -0.496 e. The largest absolute Gasteiger partial charge is 0.496 e. The predicted octanol–water partition coefficient (Wildman–Crippen LogP) is 3.89. The van der Waals surface area contributed by atoms with Crippen molar-refractivity contribution in [2.45, 2.75) is 20.4 Å². The highest BCUT2D eigenvalue weighted by Gasteiger charge is 2.18. The fourth-order valence-electron chi connectivity index (χ4n) is 3.74. The van der Waals surface area contributed by atoms with Gasteiger partial charge in [0.2, 0.25) is 5.88 Å². The zero-order chi connectivity index (χ0) is 23.5. The van der Waals surface area contributed by atoms with Crippen molar-refractivity contribution in [3.8, 4) is 17.4 Å². The number of aryl methyl sites for hydroxylation is 1. The maximum atomic E-state index is 14.5. The van der Waals surface area contributed by atoms with Crippen LogP contribution in [0.4, 0.5) is 10.1 Å². The highest BCUT2D eigenvalue weighted by atomic mass is 19.1. The van der Waals surface area contributed by atoms with E-state index in [-0.39, 0.29) is 17.3 Å². The van der Waals surface area contributed by atoms with Crippen LogP contribution in [0, 0.1) is 12.7 Å². The summed E-state index contributed by atoms with van der Waals surface area (Å²) >= 11 is 0. The van der Waals surface area contributed by atoms with Crippen molar-refractivity contribution in [2.75, 3.05) is 25.6 Å². The number of aromatic nitrogens is 4. The number of anilines is 1. The molecule has 4 rings (SSSR count). The number of carboxylic acid groups (broad SMARTS) is 1. The van der Waals surface area contributed by atoms with Gasteiger partial charge in [-0.1, -0.05) is 0 Å². The van der Waals surface area contributed by atoms with E-state index in [0.717, 1.165) is 16.8 Å². The molecule has 0 amide bonds. The Bertz CT molecular complexity index is 1310. The van der Waals surface area contributed by atoms with Crippen molar-refractivity contribution in [2.24, 2.45) is 0 Å². The molecule has 33 heavy (non-hydrogen) atoms. The number of ether oxygens (including phenoxy) is 2. The number of rotatable bonds is 9. The number of benzene rings is 1. The average Bonchev–Trinajstić information content (AvgIpc) is 3.37. The zero-order valence-electron chi connectivity index (χ0n) is 18.5. The minimum atomic E-state index is -1.13. The van der Waals surface area contributed by atoms with Gasteiger partial charge in [0.05, 0.1) is 25.4 Å². The molecule has 0 unspecified atom stereocenters. The zero-order valence-corrected chi connectivity index (χ0v) is 18.5. The molecule has 10 heteroatoms. The molecule has 0 spiro atoms. The average molecular weight is 453 g/mol. The van der Waals surface area contributed by atoms with Gasteiger partial charge in [-0.2, -0.15) is 0 Å². The molecule has 0 aliphatic heterocycles. The van der Waals surface area contributed by atoms with Crippen LogP contribution in [0.25, 0.3) is 16.7 Å². The molecule has 3 heterocycles. The molecule has 0 saturated heterocycles. The van der Waals surface area contributed by atoms with E-state index >= 15 is 0 Å². The fourth-order valence-corrected chi connectivity index (χ4v) is 3.74. The third-order valence-corrected chi connectivity index (χ3v) is 5.23. The maximum absolute atomic E-state index is 14.5. The molecule has 172 valence electrons. The van der Waals surface area contributed by atoms with Crippen molar-refractivity contribution < 1.29 is 23.8 Å². The Hall–Kier alpha value is -4.08. The summed E-state index contributed by atoms with van der Waals surface area (Å²) in [5, 5.41) is 17.6. The molecule has 0 radical (unpaired) electrons. The monoisotopic (exact) mass is 453 g/mol. The van der Waals surface area contributed by atoms with Gasteiger partial charge in [-0.05, 0) is 38.1 Å². The van der Waals surface area contributed by atoms with Gasteiger partial charge < -0.3 is 24.5 Å². The molecular formula is C23H24FN5O4. The molecular weight excluding hydrogens is 429 g/mol. The molecule has 0 saturated carbocycles. The van der Waals surface area contributed by atoms with Gasteiger partial charge in [0.25, 0.3) is 0 Å². The summed E-state index contributed by atoms with van der Waals surface area (Å²) in [5.41, 5.74) is 2.15. The van der Waals surface area contributed by atoms with Crippen molar-refractivity contribution in [1.82, 2.24) is 19.3 Å². The van der Waals surface area contributed by atoms with E-state index in [1.54, 1.807) is 38.4 Å². The number of halogens is 1. The van der Waals surface area contributed by atoms with Crippen LogP contribution in [0.1, 0.15) is 23.0 Å². The number of carboxylic acids is 1. The quantitative estimate of drug-likeness (QED) is 0.396. The van der Waals surface area contributed by atoms with E-state index in [1.165, 1.54) is 16.9 Å². The lowest BCUT2D eigenvalue weighted by Crippen LogP contribution is -2.12. The van der Waals surface area contributed by atoms with Gasteiger partial charge >= 0.3 is 5.97 Å². The maximum Gasteiger partial charge on any atom is 0.342 e. The number of fused-ring (bicyclic) bond motifs is 1. The molecule has 2 N–H and O–H groups in total. The normalized spacial score (nSPS) is 11.0. The minimum absolute atomic E-state index is 0.0376. The van der Waals surface area contributed by atoms with Crippen molar-refractivity contribution in [1.29, 1.82) is 0 Å². The van der Waals surface area contributed by atoms with Crippen LogP contribution in [0.15, 0.2) is 42.7 Å². The van der Waals surface area contributed by atoms with Crippen LogP contribution in [0.2, 0.25) is 0 Å². The van der Waals surface area contributed by atoms with Gasteiger partial charge in [-0.3, -0.25) is 0 Å². The van der Waals surface area contributed by atoms with E-state index in [2.05, 4.69) is 15.4 Å². The second-order valence-corrected chi connectivity index (χ2v) is 7.31. The third-order valence-electron chi connectivity index (χ3n) is 5.23. The third kappa shape index (κ3) is 4.32. The van der Waals surface area contributed by atoms with Crippen LogP contribution in [0.3, 0.4) is 0 Å². The Labute approximate surface area is 189 Å². The van der Waals surface area contributed by atoms with Crippen LogP contribution < -0.4 is 14.8 Å². The van der Waals surface area contributed by atoms with E-state index < -0.39 is 5.97 Å². The number of pyridine rings is 1. The van der Waals surface area contributed by atoms with Crippen molar-refractivity contribution >= 4 is 22.6 Å². The second-order valence-electron chi connectivity index (χ2n) is 7.31. The molecule has 4 aromatic rings. The molecule has 1 aromatic carbocycles. The highest BCUT2D eigenvalue weighted by molar-refractivity contribution is 5.90. The number of aromatic carboxylic acids is 1. The first kappa shape index (κ1) is 22.1. The summed E-state index contributed by atoms with van der Waals surface area (Å²) in [6.45, 7) is 5.03. The topological polar surface area (TPSA) is 103 Å². The lowest BCUT2D eigenvalue weighted by Gasteiger charge is -2.12. The highest BCUT2D eigenvalue weighted by Crippen LogP contribution is 2.30. The Morgan fingerprint density at radius 2 is 2.09 bits per heavy atom. The van der Waals surface area contributed by atoms with Crippen LogP contribution in [-0.2, 0) is 6.54 Å². The smallest absolute Gasteiger partial charge is 0.342 e. The molecule has 0 fully saturated rings. The van der Waals surface area contributed by atoms with E-state index in [9.17, 15) is 14.3 Å². The van der Waals surface area contributed by atoms with Gasteiger partial charge in [-0.15, -0.1) is 5.10 Å². The Balaban J connectivity index is 1.53. The SMILES string of the molecule is CCOc1nn(-c2cc(NCCn3c(C)cc4c(OC)ccc(F)c43)ccn2)cc1C(=O)O. The lowest BCUT2D eigenvalue weighted by molar-refractivity contribution is 0.0692. The van der Waals surface area contributed by atoms with Gasteiger partial charge in [0, 0.05) is 42.1 Å². The number of methoxy groups -OCH3 is 1. The van der Waals surface area contributed by atoms with Crippen LogP contribution in [-0.4, -0.2) is 50.7 Å². The number of hydrogen-bond acceptors (Lipinski definition) is 6. The molecule has 0 atom stereocenters. The summed E-state index contributed by atoms with van der Waals surface area (Å²) in [5.74, 6) is -0.323. The van der Waals surface area contributed by atoms with Gasteiger partial charge in [-0.25, -0.2) is 18.9 Å². The number of hydrogen-bond donors (Lipinski definition) is 2. The fraction of sp³-hybridized carbons (Fsp3) is 0.261. The van der Waals surface area contributed by atoms with Gasteiger partial charge in [0.1, 0.15) is 17.1 Å². The van der Waals surface area contributed by atoms with Crippen LogP contribution >= 0.6 is 0 Å². The molecule has 9 nitrogen and oxygen atoms in total. The predicted molar refractivity (Wildman–Crippen MR) is 121 cm³/mol. The standard InChI is InChI=1S/C23H24FN5O4/c1-4-33-22-17(23(30)31)13-29(27-22)20-12-15(7-8-26-20)25-9-10-28-14(2)11-16-19(32-3)6-5-18(24)21(16)28/h5-8,11-13H,4,9-10H2,1-3H3,(H,25,26)(H,30,31).